The van der Waals surface area contributed by atoms with Gasteiger partial charge in [-0.3, -0.25) is 4.79 Å². The van der Waals surface area contributed by atoms with Gasteiger partial charge in [-0.1, -0.05) is 22.0 Å². The molecule has 0 spiro atoms. The molecule has 0 unspecified atom stereocenters. The van der Waals surface area contributed by atoms with Gasteiger partial charge in [-0.2, -0.15) is 0 Å². The van der Waals surface area contributed by atoms with E-state index in [4.69, 9.17) is 9.47 Å². The first-order chi connectivity index (χ1) is 10.1. The van der Waals surface area contributed by atoms with Crippen LogP contribution in [-0.4, -0.2) is 43.1 Å². The van der Waals surface area contributed by atoms with E-state index in [-0.39, 0.29) is 18.5 Å². The highest BCUT2D eigenvalue weighted by Gasteiger charge is 2.32. The maximum absolute atomic E-state index is 12.3. The van der Waals surface area contributed by atoms with Gasteiger partial charge in [0.1, 0.15) is 11.8 Å². The van der Waals surface area contributed by atoms with E-state index in [0.717, 1.165) is 17.3 Å². The monoisotopic (exact) mass is 355 g/mol. The molecule has 0 radical (unpaired) electrons. The lowest BCUT2D eigenvalue weighted by atomic mass is 10.0. The van der Waals surface area contributed by atoms with Crippen LogP contribution in [0.2, 0.25) is 0 Å². The number of piperidine rings is 1. The predicted octanol–water partition coefficient (Wildman–Crippen LogP) is 2.38. The van der Waals surface area contributed by atoms with E-state index in [9.17, 15) is 9.59 Å². The van der Waals surface area contributed by atoms with Gasteiger partial charge < -0.3 is 14.4 Å². The molecular formula is C15H18BrNO4. The van der Waals surface area contributed by atoms with Gasteiger partial charge in [0.05, 0.1) is 7.11 Å². The summed E-state index contributed by atoms with van der Waals surface area (Å²) in [5.41, 5.74) is 0. The van der Waals surface area contributed by atoms with Crippen molar-refractivity contribution in [2.24, 2.45) is 0 Å². The summed E-state index contributed by atoms with van der Waals surface area (Å²) in [4.78, 5) is 25.6. The number of hydrogen-bond acceptors (Lipinski definition) is 4. The van der Waals surface area contributed by atoms with Crippen molar-refractivity contribution in [3.63, 3.8) is 0 Å². The van der Waals surface area contributed by atoms with Crippen LogP contribution >= 0.6 is 15.9 Å². The lowest BCUT2D eigenvalue weighted by molar-refractivity contribution is -0.155. The molecule has 1 aliphatic rings. The van der Waals surface area contributed by atoms with E-state index in [0.29, 0.717) is 18.7 Å². The number of nitrogens with zero attached hydrogens (tertiary/aromatic N) is 1. The van der Waals surface area contributed by atoms with Gasteiger partial charge in [0.2, 0.25) is 0 Å². The van der Waals surface area contributed by atoms with Crippen LogP contribution < -0.4 is 4.74 Å². The standard InChI is InChI=1S/C15H18BrNO4/c1-20-15(19)13-7-2-3-8-17(13)14(18)10-21-12-6-4-5-11(16)9-12/h4-6,9,13H,2-3,7-8,10H2,1H3/t13-/m1/s1. The van der Waals surface area contributed by atoms with Crippen molar-refractivity contribution in [1.29, 1.82) is 0 Å². The van der Waals surface area contributed by atoms with Crippen molar-refractivity contribution < 1.29 is 19.1 Å². The van der Waals surface area contributed by atoms with E-state index < -0.39 is 6.04 Å². The number of ether oxygens (including phenoxy) is 2. The molecule has 1 fully saturated rings. The van der Waals surface area contributed by atoms with E-state index in [1.54, 1.807) is 17.0 Å². The third-order valence-electron chi connectivity index (χ3n) is 3.45. The summed E-state index contributed by atoms with van der Waals surface area (Å²) >= 11 is 3.35. The van der Waals surface area contributed by atoms with Crippen LogP contribution in [0.3, 0.4) is 0 Å². The van der Waals surface area contributed by atoms with Crippen LogP contribution in [0.15, 0.2) is 28.7 Å². The lowest BCUT2D eigenvalue weighted by Gasteiger charge is -2.33. The number of carbonyl (C=O) groups is 2. The van der Waals surface area contributed by atoms with Gasteiger partial charge in [-0.15, -0.1) is 0 Å². The van der Waals surface area contributed by atoms with Gasteiger partial charge in [0.25, 0.3) is 5.91 Å². The zero-order valence-corrected chi connectivity index (χ0v) is 13.5. The molecule has 1 heterocycles. The van der Waals surface area contributed by atoms with Gasteiger partial charge in [0.15, 0.2) is 6.61 Å². The Balaban J connectivity index is 1.96. The van der Waals surface area contributed by atoms with Gasteiger partial charge >= 0.3 is 5.97 Å². The Hall–Kier alpha value is -1.56. The minimum atomic E-state index is -0.484. The SMILES string of the molecule is COC(=O)[C@H]1CCCCN1C(=O)COc1cccc(Br)c1. The molecular weight excluding hydrogens is 338 g/mol. The van der Waals surface area contributed by atoms with E-state index in [1.165, 1.54) is 7.11 Å². The van der Waals surface area contributed by atoms with Crippen LogP contribution in [0.4, 0.5) is 0 Å². The summed E-state index contributed by atoms with van der Waals surface area (Å²) in [5, 5.41) is 0. The van der Waals surface area contributed by atoms with Gasteiger partial charge in [-0.25, -0.2) is 4.79 Å². The third kappa shape index (κ3) is 4.20. The van der Waals surface area contributed by atoms with E-state index in [1.807, 2.05) is 12.1 Å². The van der Waals surface area contributed by atoms with Crippen molar-refractivity contribution in [2.75, 3.05) is 20.3 Å². The number of carbonyl (C=O) groups excluding carboxylic acids is 2. The first-order valence-corrected chi connectivity index (χ1v) is 7.67. The van der Waals surface area contributed by atoms with Crippen molar-refractivity contribution in [1.82, 2.24) is 4.90 Å². The summed E-state index contributed by atoms with van der Waals surface area (Å²) < 4.78 is 11.1. The van der Waals surface area contributed by atoms with Crippen molar-refractivity contribution in [2.45, 2.75) is 25.3 Å². The van der Waals surface area contributed by atoms with E-state index in [2.05, 4.69) is 15.9 Å². The molecule has 114 valence electrons. The quantitative estimate of drug-likeness (QED) is 0.778. The Kier molecular flexibility index (Phi) is 5.61. The average molecular weight is 356 g/mol. The second kappa shape index (κ2) is 7.45. The zero-order valence-electron chi connectivity index (χ0n) is 11.9. The highest BCUT2D eigenvalue weighted by atomic mass is 79.9. The predicted molar refractivity (Wildman–Crippen MR) is 81.0 cm³/mol. The Morgan fingerprint density at radius 3 is 2.90 bits per heavy atom. The Labute approximate surface area is 132 Å². The normalized spacial score (nSPS) is 18.2. The van der Waals surface area contributed by atoms with Crippen LogP contribution in [0.5, 0.6) is 5.75 Å². The summed E-state index contributed by atoms with van der Waals surface area (Å²) in [6.07, 6.45) is 2.47. The number of amides is 1. The smallest absolute Gasteiger partial charge is 0.328 e. The summed E-state index contributed by atoms with van der Waals surface area (Å²) in [6, 6.07) is 6.81. The fourth-order valence-electron chi connectivity index (χ4n) is 2.40. The molecule has 0 bridgehead atoms. The topological polar surface area (TPSA) is 55.8 Å². The van der Waals surface area contributed by atoms with Crippen molar-refractivity contribution in [3.8, 4) is 5.75 Å². The molecule has 0 saturated carbocycles. The Morgan fingerprint density at radius 1 is 1.38 bits per heavy atom. The Bertz CT molecular complexity index is 520. The number of rotatable bonds is 4. The number of likely N-dealkylation sites (tertiary alicyclic amines) is 1. The first kappa shape index (κ1) is 15.8. The Morgan fingerprint density at radius 2 is 2.19 bits per heavy atom. The van der Waals surface area contributed by atoms with Gasteiger partial charge in [0, 0.05) is 11.0 Å². The molecule has 21 heavy (non-hydrogen) atoms. The molecule has 0 N–H and O–H groups in total. The minimum Gasteiger partial charge on any atom is -0.484 e. The first-order valence-electron chi connectivity index (χ1n) is 6.87. The number of esters is 1. The molecule has 1 amide bonds. The van der Waals surface area contributed by atoms with Crippen LogP contribution in [0.1, 0.15) is 19.3 Å². The molecule has 0 aromatic heterocycles. The summed E-state index contributed by atoms with van der Waals surface area (Å²) in [6.45, 7) is 0.490. The molecule has 1 aromatic carbocycles. The second-order valence-corrected chi connectivity index (χ2v) is 5.78. The third-order valence-corrected chi connectivity index (χ3v) is 3.95. The molecule has 5 nitrogen and oxygen atoms in total. The molecule has 1 aliphatic heterocycles. The molecule has 1 saturated heterocycles. The molecule has 1 aromatic rings. The lowest BCUT2D eigenvalue weighted by Crippen LogP contribution is -2.50. The fourth-order valence-corrected chi connectivity index (χ4v) is 2.77. The van der Waals surface area contributed by atoms with Gasteiger partial charge in [-0.05, 0) is 37.5 Å². The number of methoxy groups -OCH3 is 1. The van der Waals surface area contributed by atoms with Crippen LogP contribution in [-0.2, 0) is 14.3 Å². The number of benzene rings is 1. The number of hydrogen-bond donors (Lipinski definition) is 0. The fraction of sp³-hybridized carbons (Fsp3) is 0.467. The maximum atomic E-state index is 12.3. The van der Waals surface area contributed by atoms with E-state index >= 15 is 0 Å². The maximum Gasteiger partial charge on any atom is 0.328 e. The highest BCUT2D eigenvalue weighted by molar-refractivity contribution is 9.10. The average Bonchev–Trinajstić information content (AvgIpc) is 2.52. The summed E-state index contributed by atoms with van der Waals surface area (Å²) in [7, 11) is 1.34. The molecule has 0 aliphatic carbocycles. The van der Waals surface area contributed by atoms with Crippen LogP contribution in [0.25, 0.3) is 0 Å². The second-order valence-electron chi connectivity index (χ2n) is 4.87. The molecule has 2 rings (SSSR count). The molecule has 1 atom stereocenters. The largest absolute Gasteiger partial charge is 0.484 e. The zero-order chi connectivity index (χ0) is 15.2. The summed E-state index contributed by atoms with van der Waals surface area (Å²) in [5.74, 6) is 0.0694. The number of halogens is 1. The highest BCUT2D eigenvalue weighted by Crippen LogP contribution is 2.20. The van der Waals surface area contributed by atoms with Crippen molar-refractivity contribution in [3.05, 3.63) is 28.7 Å². The molecule has 6 heteroatoms. The van der Waals surface area contributed by atoms with Crippen LogP contribution in [0, 0.1) is 0 Å². The van der Waals surface area contributed by atoms with Crippen molar-refractivity contribution >= 4 is 27.8 Å². The minimum absolute atomic E-state index is 0.0794.